The first-order valence-corrected chi connectivity index (χ1v) is 8.45. The molecule has 0 unspecified atom stereocenters. The molecule has 6 nitrogen and oxygen atoms in total. The summed E-state index contributed by atoms with van der Waals surface area (Å²) in [6, 6.07) is 16.9. The number of carbonyl (C=O) groups is 2. The highest BCUT2D eigenvalue weighted by atomic mass is 16.2. The van der Waals surface area contributed by atoms with Gasteiger partial charge in [-0.3, -0.25) is 9.59 Å². The van der Waals surface area contributed by atoms with Gasteiger partial charge in [-0.25, -0.2) is 4.98 Å². The number of benzene rings is 2. The Balaban J connectivity index is 1.51. The first kappa shape index (κ1) is 16.1. The lowest BCUT2D eigenvalue weighted by Gasteiger charge is -2.26. The maximum atomic E-state index is 12.6. The van der Waals surface area contributed by atoms with Crippen LogP contribution in [0.1, 0.15) is 18.0 Å². The lowest BCUT2D eigenvalue weighted by molar-refractivity contribution is -0.123. The highest BCUT2D eigenvalue weighted by molar-refractivity contribution is 5.95. The van der Waals surface area contributed by atoms with E-state index in [-0.39, 0.29) is 30.8 Å². The third-order valence-corrected chi connectivity index (χ3v) is 4.40. The van der Waals surface area contributed by atoms with Gasteiger partial charge in [-0.05, 0) is 11.6 Å². The number of aromatic nitrogens is 2. The van der Waals surface area contributed by atoms with Crippen molar-refractivity contribution in [3.8, 4) is 11.4 Å². The smallest absolute Gasteiger partial charge is 0.240 e. The number of nitrogens with one attached hydrogen (secondary N) is 2. The Morgan fingerprint density at radius 3 is 2.77 bits per heavy atom. The molecule has 3 aromatic rings. The van der Waals surface area contributed by atoms with Crippen LogP contribution in [0, 0.1) is 0 Å². The molecule has 26 heavy (non-hydrogen) atoms. The van der Waals surface area contributed by atoms with Crippen LogP contribution < -0.4 is 10.6 Å². The van der Waals surface area contributed by atoms with Crippen molar-refractivity contribution in [2.24, 2.45) is 0 Å². The van der Waals surface area contributed by atoms with Crippen molar-refractivity contribution in [1.29, 1.82) is 0 Å². The fourth-order valence-electron chi connectivity index (χ4n) is 3.22. The molecule has 2 aromatic carbocycles. The zero-order valence-electron chi connectivity index (χ0n) is 14.1. The lowest BCUT2D eigenvalue weighted by atomic mass is 9.97. The van der Waals surface area contributed by atoms with E-state index < -0.39 is 0 Å². The van der Waals surface area contributed by atoms with Crippen LogP contribution in [0.4, 0.5) is 5.69 Å². The summed E-state index contributed by atoms with van der Waals surface area (Å²) in [6.45, 7) is 0.143. The molecule has 1 aromatic heterocycles. The van der Waals surface area contributed by atoms with Crippen LogP contribution in [0.15, 0.2) is 67.0 Å². The van der Waals surface area contributed by atoms with Gasteiger partial charge in [0.1, 0.15) is 12.4 Å². The Hall–Kier alpha value is -3.41. The number of para-hydroxylation sites is 1. The van der Waals surface area contributed by atoms with E-state index >= 15 is 0 Å². The number of carbonyl (C=O) groups excluding carboxylic acids is 2. The average Bonchev–Trinajstić information content (AvgIpc) is 3.10. The number of imidazole rings is 1. The molecule has 0 radical (unpaired) electrons. The number of anilines is 1. The Morgan fingerprint density at radius 2 is 1.92 bits per heavy atom. The number of hydrogen-bond acceptors (Lipinski definition) is 3. The van der Waals surface area contributed by atoms with Gasteiger partial charge < -0.3 is 15.2 Å². The zero-order valence-corrected chi connectivity index (χ0v) is 14.1. The number of rotatable bonds is 4. The van der Waals surface area contributed by atoms with Gasteiger partial charge in [0.05, 0.1) is 12.5 Å². The van der Waals surface area contributed by atoms with Crippen LogP contribution in [-0.4, -0.2) is 21.4 Å². The van der Waals surface area contributed by atoms with Gasteiger partial charge >= 0.3 is 0 Å². The molecule has 0 aliphatic carbocycles. The summed E-state index contributed by atoms with van der Waals surface area (Å²) < 4.78 is 1.81. The molecule has 1 aliphatic heterocycles. The van der Waals surface area contributed by atoms with E-state index in [9.17, 15) is 9.59 Å². The van der Waals surface area contributed by atoms with Gasteiger partial charge in [-0.1, -0.05) is 48.5 Å². The standard InChI is InChI=1S/C20H18N4O2/c25-18-12-17(15-8-4-5-9-16(15)22-18)23-19(26)13-24-11-10-21-20(24)14-6-2-1-3-7-14/h1-11,17H,12-13H2,(H,22,25)(H,23,26)/t17-/m1/s1. The van der Waals surface area contributed by atoms with E-state index in [1.54, 1.807) is 17.0 Å². The lowest BCUT2D eigenvalue weighted by Crippen LogP contribution is -2.36. The number of nitrogens with zero attached hydrogens (tertiary/aromatic N) is 2. The first-order valence-electron chi connectivity index (χ1n) is 8.45. The fraction of sp³-hybridized carbons (Fsp3) is 0.150. The number of fused-ring (bicyclic) bond motifs is 1. The molecule has 2 amide bonds. The van der Waals surface area contributed by atoms with Crippen LogP contribution in [-0.2, 0) is 16.1 Å². The molecule has 4 rings (SSSR count). The Labute approximate surface area is 150 Å². The molecule has 1 aliphatic rings. The molecular formula is C20H18N4O2. The van der Waals surface area contributed by atoms with Crippen molar-refractivity contribution in [2.45, 2.75) is 19.0 Å². The molecule has 0 spiro atoms. The summed E-state index contributed by atoms with van der Waals surface area (Å²) in [5.41, 5.74) is 2.63. The van der Waals surface area contributed by atoms with E-state index in [0.717, 1.165) is 22.6 Å². The van der Waals surface area contributed by atoms with E-state index in [4.69, 9.17) is 0 Å². The highest BCUT2D eigenvalue weighted by Crippen LogP contribution is 2.30. The van der Waals surface area contributed by atoms with E-state index in [1.807, 2.05) is 54.6 Å². The predicted molar refractivity (Wildman–Crippen MR) is 98.2 cm³/mol. The highest BCUT2D eigenvalue weighted by Gasteiger charge is 2.26. The summed E-state index contributed by atoms with van der Waals surface area (Å²) in [7, 11) is 0. The molecule has 0 saturated carbocycles. The van der Waals surface area contributed by atoms with Gasteiger partial charge in [0, 0.05) is 23.6 Å². The second-order valence-corrected chi connectivity index (χ2v) is 6.20. The predicted octanol–water partition coefficient (Wildman–Crippen LogP) is 2.75. The molecule has 2 heterocycles. The van der Waals surface area contributed by atoms with Gasteiger partial charge in [0.25, 0.3) is 0 Å². The topological polar surface area (TPSA) is 76.0 Å². The van der Waals surface area contributed by atoms with Crippen molar-refractivity contribution in [3.63, 3.8) is 0 Å². The summed E-state index contributed by atoms with van der Waals surface area (Å²) in [5, 5.41) is 5.81. The first-order chi connectivity index (χ1) is 12.7. The average molecular weight is 346 g/mol. The van der Waals surface area contributed by atoms with Crippen molar-refractivity contribution in [2.75, 3.05) is 5.32 Å². The molecule has 0 saturated heterocycles. The molecule has 0 fully saturated rings. The van der Waals surface area contributed by atoms with E-state index in [1.165, 1.54) is 0 Å². The van der Waals surface area contributed by atoms with Crippen LogP contribution in [0.25, 0.3) is 11.4 Å². The van der Waals surface area contributed by atoms with Crippen LogP contribution in [0.5, 0.6) is 0 Å². The summed E-state index contributed by atoms with van der Waals surface area (Å²) >= 11 is 0. The molecular weight excluding hydrogens is 328 g/mol. The molecule has 1 atom stereocenters. The zero-order chi connectivity index (χ0) is 17.9. The quantitative estimate of drug-likeness (QED) is 0.763. The summed E-state index contributed by atoms with van der Waals surface area (Å²) in [5.74, 6) is 0.485. The van der Waals surface area contributed by atoms with Crippen LogP contribution in [0.3, 0.4) is 0 Å². The summed E-state index contributed by atoms with van der Waals surface area (Å²) in [6.07, 6.45) is 3.70. The van der Waals surface area contributed by atoms with E-state index in [0.29, 0.717) is 0 Å². The molecule has 0 bridgehead atoms. The number of hydrogen-bond donors (Lipinski definition) is 2. The molecule has 130 valence electrons. The Morgan fingerprint density at radius 1 is 1.15 bits per heavy atom. The maximum absolute atomic E-state index is 12.6. The SMILES string of the molecule is O=C1C[C@@H](NC(=O)Cn2ccnc2-c2ccccc2)c2ccccc2N1. The van der Waals surface area contributed by atoms with Gasteiger partial charge in [0.2, 0.25) is 11.8 Å². The minimum Gasteiger partial charge on any atom is -0.347 e. The minimum atomic E-state index is -0.323. The van der Waals surface area contributed by atoms with Crippen molar-refractivity contribution >= 4 is 17.5 Å². The molecule has 6 heteroatoms. The third-order valence-electron chi connectivity index (χ3n) is 4.40. The van der Waals surface area contributed by atoms with Gasteiger partial charge in [-0.2, -0.15) is 0 Å². The fourth-order valence-corrected chi connectivity index (χ4v) is 3.22. The normalized spacial score (nSPS) is 15.8. The van der Waals surface area contributed by atoms with Crippen LogP contribution in [0.2, 0.25) is 0 Å². The Kier molecular flexibility index (Phi) is 4.23. The van der Waals surface area contributed by atoms with Crippen molar-refractivity contribution < 1.29 is 9.59 Å². The minimum absolute atomic E-state index is 0.0957. The summed E-state index contributed by atoms with van der Waals surface area (Å²) in [4.78, 5) is 28.8. The van der Waals surface area contributed by atoms with Crippen molar-refractivity contribution in [1.82, 2.24) is 14.9 Å². The van der Waals surface area contributed by atoms with Crippen molar-refractivity contribution in [3.05, 3.63) is 72.6 Å². The number of amides is 2. The van der Waals surface area contributed by atoms with Gasteiger partial charge in [0.15, 0.2) is 0 Å². The second kappa shape index (κ2) is 6.84. The largest absolute Gasteiger partial charge is 0.347 e. The molecule has 2 N–H and O–H groups in total. The maximum Gasteiger partial charge on any atom is 0.240 e. The third kappa shape index (κ3) is 3.21. The van der Waals surface area contributed by atoms with E-state index in [2.05, 4.69) is 15.6 Å². The second-order valence-electron chi connectivity index (χ2n) is 6.20. The van der Waals surface area contributed by atoms with Crippen LogP contribution >= 0.6 is 0 Å². The van der Waals surface area contributed by atoms with Gasteiger partial charge in [-0.15, -0.1) is 0 Å². The Bertz CT molecular complexity index is 949. The monoisotopic (exact) mass is 346 g/mol.